The fraction of sp³-hybridized carbons (Fsp3) is 0.290. The van der Waals surface area contributed by atoms with Crippen LogP contribution in [-0.2, 0) is 16.0 Å². The number of azo groups is 1. The molecule has 0 bridgehead atoms. The van der Waals surface area contributed by atoms with Gasteiger partial charge in [-0.25, -0.2) is 9.59 Å². The van der Waals surface area contributed by atoms with Crippen LogP contribution in [0.1, 0.15) is 49.5 Å². The Labute approximate surface area is 229 Å². The SMILES string of the molecule is C=C(C)C(=O)OCCN(CC)c1ccc(/N=N/c2ccc(C(=O)Oc3ccc(CCCC)cc3)c(O)c2)cc1. The first-order chi connectivity index (χ1) is 18.8. The number of likely N-dealkylation sites (N-methyl/N-ethyl adjacent to an activating group) is 1. The second-order valence-electron chi connectivity index (χ2n) is 9.05. The summed E-state index contributed by atoms with van der Waals surface area (Å²) in [6, 6.07) is 19.3. The van der Waals surface area contributed by atoms with Gasteiger partial charge in [-0.3, -0.25) is 0 Å². The molecule has 8 nitrogen and oxygen atoms in total. The first-order valence-corrected chi connectivity index (χ1v) is 13.0. The van der Waals surface area contributed by atoms with E-state index in [9.17, 15) is 14.7 Å². The molecule has 204 valence electrons. The van der Waals surface area contributed by atoms with E-state index in [0.717, 1.165) is 31.5 Å². The van der Waals surface area contributed by atoms with Crippen LogP contribution in [0.4, 0.5) is 17.1 Å². The van der Waals surface area contributed by atoms with Crippen molar-refractivity contribution in [1.82, 2.24) is 0 Å². The van der Waals surface area contributed by atoms with E-state index in [1.807, 2.05) is 43.3 Å². The van der Waals surface area contributed by atoms with Crippen molar-refractivity contribution >= 4 is 29.0 Å². The zero-order valence-electron chi connectivity index (χ0n) is 22.7. The van der Waals surface area contributed by atoms with Crippen molar-refractivity contribution in [2.24, 2.45) is 10.2 Å². The Morgan fingerprint density at radius 2 is 1.62 bits per heavy atom. The van der Waals surface area contributed by atoms with Crippen LogP contribution in [0.2, 0.25) is 0 Å². The highest BCUT2D eigenvalue weighted by Crippen LogP contribution is 2.28. The van der Waals surface area contributed by atoms with Crippen LogP contribution in [0.3, 0.4) is 0 Å². The molecule has 0 amide bonds. The van der Waals surface area contributed by atoms with Crippen LogP contribution in [-0.4, -0.2) is 36.7 Å². The highest BCUT2D eigenvalue weighted by Gasteiger charge is 2.14. The lowest BCUT2D eigenvalue weighted by Gasteiger charge is -2.22. The van der Waals surface area contributed by atoms with E-state index < -0.39 is 11.9 Å². The van der Waals surface area contributed by atoms with E-state index >= 15 is 0 Å². The van der Waals surface area contributed by atoms with Gasteiger partial charge >= 0.3 is 11.9 Å². The molecule has 0 fully saturated rings. The molecule has 0 saturated heterocycles. The van der Waals surface area contributed by atoms with Crippen molar-refractivity contribution in [3.8, 4) is 11.5 Å². The maximum absolute atomic E-state index is 12.6. The Hall–Kier alpha value is -4.46. The molecule has 0 aliphatic rings. The topological polar surface area (TPSA) is 101 Å². The van der Waals surface area contributed by atoms with Crippen molar-refractivity contribution in [1.29, 1.82) is 0 Å². The van der Waals surface area contributed by atoms with E-state index in [2.05, 4.69) is 28.6 Å². The second kappa shape index (κ2) is 14.5. The van der Waals surface area contributed by atoms with Crippen LogP contribution in [0.25, 0.3) is 0 Å². The molecule has 0 atom stereocenters. The van der Waals surface area contributed by atoms with Gasteiger partial charge in [-0.15, -0.1) is 0 Å². The number of phenolic OH excluding ortho intramolecular Hbond substituents is 1. The number of aromatic hydroxyl groups is 1. The standard InChI is InChI=1S/C31H35N3O5/c1-5-7-8-23-9-16-27(17-10-23)39-31(37)28-18-13-25(21-29(28)35)33-32-24-11-14-26(15-12-24)34(6-2)19-20-38-30(36)22(3)4/h9-18,21,35H,3,5-8,19-20H2,1-2,4H3/b33-32+. The number of esters is 2. The zero-order chi connectivity index (χ0) is 28.2. The van der Waals surface area contributed by atoms with Crippen LogP contribution >= 0.6 is 0 Å². The molecular weight excluding hydrogens is 494 g/mol. The van der Waals surface area contributed by atoms with E-state index in [-0.39, 0.29) is 17.9 Å². The molecule has 3 aromatic carbocycles. The molecule has 0 aromatic heterocycles. The Morgan fingerprint density at radius 3 is 2.23 bits per heavy atom. The van der Waals surface area contributed by atoms with E-state index in [0.29, 0.717) is 29.2 Å². The highest BCUT2D eigenvalue weighted by molar-refractivity contribution is 5.94. The molecule has 0 heterocycles. The minimum atomic E-state index is -0.650. The van der Waals surface area contributed by atoms with Gasteiger partial charge in [0.2, 0.25) is 0 Å². The average Bonchev–Trinajstić information content (AvgIpc) is 2.94. The number of anilines is 1. The Balaban J connectivity index is 1.58. The minimum Gasteiger partial charge on any atom is -0.507 e. The number of hydrogen-bond acceptors (Lipinski definition) is 8. The Bertz CT molecular complexity index is 1300. The van der Waals surface area contributed by atoms with E-state index in [1.54, 1.807) is 25.1 Å². The summed E-state index contributed by atoms with van der Waals surface area (Å²) in [6.07, 6.45) is 3.21. The number of rotatable bonds is 13. The third-order valence-corrected chi connectivity index (χ3v) is 5.97. The van der Waals surface area contributed by atoms with Gasteiger partial charge in [0.05, 0.1) is 17.9 Å². The summed E-state index contributed by atoms with van der Waals surface area (Å²) in [6.45, 7) is 10.9. The van der Waals surface area contributed by atoms with Gasteiger partial charge in [-0.1, -0.05) is 32.1 Å². The number of phenols is 1. The number of hydrogen-bond donors (Lipinski definition) is 1. The Kier molecular flexibility index (Phi) is 10.8. The fourth-order valence-electron chi connectivity index (χ4n) is 3.71. The molecule has 0 aliphatic carbocycles. The summed E-state index contributed by atoms with van der Waals surface area (Å²) in [5, 5.41) is 18.8. The molecule has 1 N–H and O–H groups in total. The fourth-order valence-corrected chi connectivity index (χ4v) is 3.71. The maximum atomic E-state index is 12.6. The van der Waals surface area contributed by atoms with Crippen molar-refractivity contribution in [3.05, 3.63) is 90.0 Å². The van der Waals surface area contributed by atoms with E-state index in [1.165, 1.54) is 17.7 Å². The molecule has 0 spiro atoms. The zero-order valence-corrected chi connectivity index (χ0v) is 22.7. The average molecular weight is 530 g/mol. The normalized spacial score (nSPS) is 10.8. The number of unbranched alkanes of at least 4 members (excludes halogenated alkanes) is 1. The molecular formula is C31H35N3O5. The molecule has 3 aromatic rings. The van der Waals surface area contributed by atoms with Crippen LogP contribution in [0.15, 0.2) is 89.1 Å². The third kappa shape index (κ3) is 8.81. The monoisotopic (exact) mass is 529 g/mol. The van der Waals surface area contributed by atoms with Gasteiger partial charge < -0.3 is 19.5 Å². The predicted molar refractivity (Wildman–Crippen MR) is 152 cm³/mol. The van der Waals surface area contributed by atoms with Crippen molar-refractivity contribution in [2.45, 2.75) is 40.0 Å². The van der Waals surface area contributed by atoms with Gasteiger partial charge in [0.1, 0.15) is 23.7 Å². The van der Waals surface area contributed by atoms with Gasteiger partial charge in [0, 0.05) is 23.9 Å². The molecule has 3 rings (SSSR count). The Morgan fingerprint density at radius 1 is 0.949 bits per heavy atom. The number of nitrogens with zero attached hydrogens (tertiary/aromatic N) is 3. The van der Waals surface area contributed by atoms with Crippen LogP contribution < -0.4 is 9.64 Å². The number of ether oxygens (including phenoxy) is 2. The quantitative estimate of drug-likeness (QED) is 0.108. The predicted octanol–water partition coefficient (Wildman–Crippen LogP) is 7.32. The summed E-state index contributed by atoms with van der Waals surface area (Å²) in [7, 11) is 0. The smallest absolute Gasteiger partial charge is 0.347 e. The summed E-state index contributed by atoms with van der Waals surface area (Å²) in [5.74, 6) is -0.869. The van der Waals surface area contributed by atoms with E-state index in [4.69, 9.17) is 9.47 Å². The van der Waals surface area contributed by atoms with Gasteiger partial charge in [-0.2, -0.15) is 10.2 Å². The number of carbonyl (C=O) groups is 2. The van der Waals surface area contributed by atoms with Crippen molar-refractivity contribution in [3.63, 3.8) is 0 Å². The van der Waals surface area contributed by atoms with Gasteiger partial charge in [0.15, 0.2) is 0 Å². The second-order valence-corrected chi connectivity index (χ2v) is 9.05. The van der Waals surface area contributed by atoms with Crippen molar-refractivity contribution in [2.75, 3.05) is 24.6 Å². The first kappa shape index (κ1) is 29.1. The molecule has 0 aliphatic heterocycles. The molecule has 8 heteroatoms. The van der Waals surface area contributed by atoms with Crippen LogP contribution in [0, 0.1) is 0 Å². The lowest BCUT2D eigenvalue weighted by atomic mass is 10.1. The minimum absolute atomic E-state index is 0.0435. The molecule has 0 unspecified atom stereocenters. The van der Waals surface area contributed by atoms with Crippen LogP contribution in [0.5, 0.6) is 11.5 Å². The highest BCUT2D eigenvalue weighted by atomic mass is 16.5. The third-order valence-electron chi connectivity index (χ3n) is 5.97. The summed E-state index contributed by atoms with van der Waals surface area (Å²) >= 11 is 0. The van der Waals surface area contributed by atoms with Crippen molar-refractivity contribution < 1.29 is 24.2 Å². The summed E-state index contributed by atoms with van der Waals surface area (Å²) in [4.78, 5) is 26.2. The molecule has 0 radical (unpaired) electrons. The molecule has 0 saturated carbocycles. The lowest BCUT2D eigenvalue weighted by Crippen LogP contribution is -2.28. The lowest BCUT2D eigenvalue weighted by molar-refractivity contribution is -0.138. The summed E-state index contributed by atoms with van der Waals surface area (Å²) < 4.78 is 10.6. The van der Waals surface area contributed by atoms with Gasteiger partial charge in [0.25, 0.3) is 0 Å². The first-order valence-electron chi connectivity index (χ1n) is 13.0. The number of benzene rings is 3. The molecule has 39 heavy (non-hydrogen) atoms. The number of aryl methyl sites for hydroxylation is 1. The van der Waals surface area contributed by atoms with Gasteiger partial charge in [-0.05, 0) is 80.8 Å². The maximum Gasteiger partial charge on any atom is 0.347 e. The summed E-state index contributed by atoms with van der Waals surface area (Å²) in [5.41, 5.74) is 3.57. The largest absolute Gasteiger partial charge is 0.507 e. The number of carbonyl (C=O) groups excluding carboxylic acids is 2.